The molecule has 0 spiro atoms. The Morgan fingerprint density at radius 2 is 1.95 bits per heavy atom. The monoisotopic (exact) mass is 351 g/mol. The fraction of sp³-hybridized carbons (Fsp3) is 0.214. The normalized spacial score (nSPS) is 10.3. The van der Waals surface area contributed by atoms with Gasteiger partial charge < -0.3 is 5.32 Å². The number of aromatic nitrogens is 2. The molecule has 1 heterocycles. The molecule has 0 radical (unpaired) electrons. The molecule has 0 saturated carbocycles. The van der Waals surface area contributed by atoms with Gasteiger partial charge in [-0.2, -0.15) is 0 Å². The van der Waals surface area contributed by atoms with Crippen molar-refractivity contribution in [3.8, 4) is 0 Å². The summed E-state index contributed by atoms with van der Waals surface area (Å²) >= 11 is 5.02. The first kappa shape index (κ1) is 15.0. The Hall–Kier alpha value is -1.40. The van der Waals surface area contributed by atoms with Gasteiger partial charge in [0.1, 0.15) is 5.03 Å². The average Bonchev–Trinajstić information content (AvgIpc) is 2.48. The lowest BCUT2D eigenvalue weighted by atomic mass is 10.2. The van der Waals surface area contributed by atoms with Gasteiger partial charge in [-0.15, -0.1) is 10.2 Å². The standard InChI is InChI=1S/C14H14BrN3OS/c1-2-13(19)16-12-7-8-14(18-17-12)20-9-10-3-5-11(15)6-4-10/h3-8H,2,9H2,1H3,(H,16,17,19). The number of nitrogens with zero attached hydrogens (tertiary/aromatic N) is 2. The second-order valence-electron chi connectivity index (χ2n) is 4.07. The molecule has 0 aliphatic heterocycles. The quantitative estimate of drug-likeness (QED) is 0.830. The average molecular weight is 352 g/mol. The van der Waals surface area contributed by atoms with E-state index in [9.17, 15) is 4.79 Å². The van der Waals surface area contributed by atoms with E-state index >= 15 is 0 Å². The molecule has 0 unspecified atom stereocenters. The lowest BCUT2D eigenvalue weighted by molar-refractivity contribution is -0.115. The van der Waals surface area contributed by atoms with Crippen molar-refractivity contribution in [3.05, 3.63) is 46.4 Å². The van der Waals surface area contributed by atoms with E-state index < -0.39 is 0 Å². The van der Waals surface area contributed by atoms with Crippen molar-refractivity contribution in [2.24, 2.45) is 0 Å². The third-order valence-corrected chi connectivity index (χ3v) is 4.05. The van der Waals surface area contributed by atoms with Crippen LogP contribution in [-0.2, 0) is 10.5 Å². The molecular formula is C14H14BrN3OS. The Morgan fingerprint density at radius 1 is 1.20 bits per heavy atom. The molecule has 6 heteroatoms. The predicted molar refractivity (Wildman–Crippen MR) is 84.7 cm³/mol. The number of thioether (sulfide) groups is 1. The molecule has 104 valence electrons. The molecule has 1 aromatic carbocycles. The highest BCUT2D eigenvalue weighted by Crippen LogP contribution is 2.22. The minimum Gasteiger partial charge on any atom is -0.309 e. The number of hydrogen-bond donors (Lipinski definition) is 1. The molecule has 0 bridgehead atoms. The SMILES string of the molecule is CCC(=O)Nc1ccc(SCc2ccc(Br)cc2)nn1. The number of halogens is 1. The summed E-state index contributed by atoms with van der Waals surface area (Å²) in [7, 11) is 0. The lowest BCUT2D eigenvalue weighted by Crippen LogP contribution is -2.11. The molecule has 2 rings (SSSR count). The Kier molecular flexibility index (Phi) is 5.55. The van der Waals surface area contributed by atoms with Gasteiger partial charge >= 0.3 is 0 Å². The van der Waals surface area contributed by atoms with Gasteiger partial charge in [0.05, 0.1) is 0 Å². The molecule has 1 N–H and O–H groups in total. The van der Waals surface area contributed by atoms with Crippen molar-refractivity contribution in [2.45, 2.75) is 24.1 Å². The molecule has 0 aliphatic carbocycles. The molecule has 1 amide bonds. The minimum atomic E-state index is -0.0606. The highest BCUT2D eigenvalue weighted by Gasteiger charge is 2.02. The molecule has 4 nitrogen and oxygen atoms in total. The van der Waals surface area contributed by atoms with Crippen LogP contribution in [0.15, 0.2) is 45.9 Å². The van der Waals surface area contributed by atoms with E-state index in [0.717, 1.165) is 15.3 Å². The fourth-order valence-electron chi connectivity index (χ4n) is 1.43. The Labute approximate surface area is 130 Å². The van der Waals surface area contributed by atoms with Gasteiger partial charge in [-0.25, -0.2) is 0 Å². The third kappa shape index (κ3) is 4.61. The lowest BCUT2D eigenvalue weighted by Gasteiger charge is -2.03. The molecule has 0 aliphatic rings. The summed E-state index contributed by atoms with van der Waals surface area (Å²) in [6.07, 6.45) is 0.432. The van der Waals surface area contributed by atoms with Gasteiger partial charge in [-0.1, -0.05) is 46.7 Å². The van der Waals surface area contributed by atoms with Gasteiger partial charge in [-0.05, 0) is 29.8 Å². The van der Waals surface area contributed by atoms with Gasteiger partial charge in [-0.3, -0.25) is 4.79 Å². The van der Waals surface area contributed by atoms with Crippen molar-refractivity contribution in [2.75, 3.05) is 5.32 Å². The van der Waals surface area contributed by atoms with Gasteiger partial charge in [0.2, 0.25) is 5.91 Å². The summed E-state index contributed by atoms with van der Waals surface area (Å²) in [6.45, 7) is 1.80. The largest absolute Gasteiger partial charge is 0.309 e. The smallest absolute Gasteiger partial charge is 0.225 e. The zero-order valence-electron chi connectivity index (χ0n) is 11.0. The summed E-state index contributed by atoms with van der Waals surface area (Å²) in [5, 5.41) is 11.6. The van der Waals surface area contributed by atoms with Crippen LogP contribution in [0.25, 0.3) is 0 Å². The summed E-state index contributed by atoms with van der Waals surface area (Å²) in [5.74, 6) is 1.27. The summed E-state index contributed by atoms with van der Waals surface area (Å²) < 4.78 is 1.07. The van der Waals surface area contributed by atoms with E-state index in [0.29, 0.717) is 12.2 Å². The van der Waals surface area contributed by atoms with Crippen molar-refractivity contribution < 1.29 is 4.79 Å². The molecule has 0 saturated heterocycles. The van der Waals surface area contributed by atoms with Crippen LogP contribution in [0.2, 0.25) is 0 Å². The van der Waals surface area contributed by atoms with E-state index in [1.165, 1.54) is 5.56 Å². The number of rotatable bonds is 5. The number of amides is 1. The van der Waals surface area contributed by atoms with Crippen molar-refractivity contribution in [3.63, 3.8) is 0 Å². The van der Waals surface area contributed by atoms with E-state index in [-0.39, 0.29) is 5.91 Å². The zero-order chi connectivity index (χ0) is 14.4. The first-order chi connectivity index (χ1) is 9.67. The Balaban J connectivity index is 1.90. The maximum absolute atomic E-state index is 11.2. The minimum absolute atomic E-state index is 0.0606. The molecule has 20 heavy (non-hydrogen) atoms. The van der Waals surface area contributed by atoms with Crippen molar-refractivity contribution in [1.29, 1.82) is 0 Å². The Bertz CT molecular complexity index is 572. The van der Waals surface area contributed by atoms with Gasteiger partial charge in [0.25, 0.3) is 0 Å². The fourth-order valence-corrected chi connectivity index (χ4v) is 2.47. The highest BCUT2D eigenvalue weighted by molar-refractivity contribution is 9.10. The number of nitrogens with one attached hydrogen (secondary N) is 1. The number of anilines is 1. The van der Waals surface area contributed by atoms with Crippen LogP contribution in [0.5, 0.6) is 0 Å². The molecular weight excluding hydrogens is 338 g/mol. The van der Waals surface area contributed by atoms with Crippen LogP contribution >= 0.6 is 27.7 Å². The number of hydrogen-bond acceptors (Lipinski definition) is 4. The van der Waals surface area contributed by atoms with Crippen LogP contribution < -0.4 is 5.32 Å². The van der Waals surface area contributed by atoms with E-state index in [2.05, 4.69) is 43.6 Å². The summed E-state index contributed by atoms with van der Waals surface area (Å²) in [5.41, 5.74) is 1.23. The topological polar surface area (TPSA) is 54.9 Å². The summed E-state index contributed by atoms with van der Waals surface area (Å²) in [6, 6.07) is 11.8. The summed E-state index contributed by atoms with van der Waals surface area (Å²) in [4.78, 5) is 11.2. The zero-order valence-corrected chi connectivity index (χ0v) is 13.4. The van der Waals surface area contributed by atoms with Crippen molar-refractivity contribution >= 4 is 39.4 Å². The third-order valence-electron chi connectivity index (χ3n) is 2.53. The first-order valence-electron chi connectivity index (χ1n) is 6.18. The van der Waals surface area contributed by atoms with Crippen LogP contribution in [0.4, 0.5) is 5.82 Å². The molecule has 1 aromatic heterocycles. The molecule has 0 fully saturated rings. The maximum Gasteiger partial charge on any atom is 0.225 e. The predicted octanol–water partition coefficient (Wildman–Crippen LogP) is 3.88. The van der Waals surface area contributed by atoms with E-state index in [1.54, 1.807) is 24.8 Å². The van der Waals surface area contributed by atoms with Crippen molar-refractivity contribution in [1.82, 2.24) is 10.2 Å². The van der Waals surface area contributed by atoms with E-state index in [4.69, 9.17) is 0 Å². The number of benzene rings is 1. The van der Waals surface area contributed by atoms with Crippen LogP contribution in [0, 0.1) is 0 Å². The number of carbonyl (C=O) groups is 1. The van der Waals surface area contributed by atoms with E-state index in [1.807, 2.05) is 18.2 Å². The number of carbonyl (C=O) groups excluding carboxylic acids is 1. The van der Waals surface area contributed by atoms with Crippen LogP contribution in [-0.4, -0.2) is 16.1 Å². The highest BCUT2D eigenvalue weighted by atomic mass is 79.9. The van der Waals surface area contributed by atoms with Gasteiger partial charge in [0, 0.05) is 16.6 Å². The first-order valence-corrected chi connectivity index (χ1v) is 7.96. The van der Waals surface area contributed by atoms with Gasteiger partial charge in [0.15, 0.2) is 5.82 Å². The molecule has 0 atom stereocenters. The second kappa shape index (κ2) is 7.40. The second-order valence-corrected chi connectivity index (χ2v) is 5.98. The van der Waals surface area contributed by atoms with Crippen LogP contribution in [0.1, 0.15) is 18.9 Å². The molecule has 2 aromatic rings. The van der Waals surface area contributed by atoms with Crippen LogP contribution in [0.3, 0.4) is 0 Å². The Morgan fingerprint density at radius 3 is 2.55 bits per heavy atom. The maximum atomic E-state index is 11.2.